The van der Waals surface area contributed by atoms with Gasteiger partial charge in [-0.3, -0.25) is 9.59 Å². The molecular formula is C16H23NO3. The molecule has 1 aromatic carbocycles. The van der Waals surface area contributed by atoms with Gasteiger partial charge in [-0.05, 0) is 23.0 Å². The monoisotopic (exact) mass is 277 g/mol. The fraction of sp³-hybridized carbons (Fsp3) is 0.500. The number of hydrogen-bond acceptors (Lipinski definition) is 2. The van der Waals surface area contributed by atoms with Crippen LogP contribution < -0.4 is 5.32 Å². The van der Waals surface area contributed by atoms with Crippen molar-refractivity contribution in [3.8, 4) is 0 Å². The van der Waals surface area contributed by atoms with Crippen LogP contribution in [0.1, 0.15) is 50.7 Å². The molecule has 1 atom stereocenters. The molecule has 0 bridgehead atoms. The quantitative estimate of drug-likeness (QED) is 0.805. The van der Waals surface area contributed by atoms with Crippen molar-refractivity contribution < 1.29 is 14.7 Å². The van der Waals surface area contributed by atoms with Gasteiger partial charge in [0.1, 0.15) is 0 Å². The normalized spacial score (nSPS) is 12.2. The zero-order valence-electron chi connectivity index (χ0n) is 12.3. The van der Waals surface area contributed by atoms with E-state index in [4.69, 9.17) is 5.11 Å². The molecule has 0 saturated heterocycles. The topological polar surface area (TPSA) is 66.4 Å². The Balaban J connectivity index is 2.39. The van der Waals surface area contributed by atoms with Crippen molar-refractivity contribution >= 4 is 11.9 Å². The molecule has 1 aromatic rings. The van der Waals surface area contributed by atoms with Crippen LogP contribution in [0.2, 0.25) is 0 Å². The fourth-order valence-electron chi connectivity index (χ4n) is 1.98. The van der Waals surface area contributed by atoms with E-state index in [1.54, 1.807) is 6.92 Å². The summed E-state index contributed by atoms with van der Waals surface area (Å²) in [4.78, 5) is 22.2. The van der Waals surface area contributed by atoms with E-state index in [9.17, 15) is 9.59 Å². The molecule has 2 N–H and O–H groups in total. The maximum atomic E-state index is 11.7. The summed E-state index contributed by atoms with van der Waals surface area (Å²) in [6.45, 7) is 6.53. The Hall–Kier alpha value is -1.84. The highest BCUT2D eigenvalue weighted by Gasteiger charge is 2.12. The van der Waals surface area contributed by atoms with Gasteiger partial charge < -0.3 is 10.4 Å². The van der Waals surface area contributed by atoms with E-state index in [2.05, 4.69) is 31.3 Å². The van der Waals surface area contributed by atoms with E-state index in [0.29, 0.717) is 12.5 Å². The largest absolute Gasteiger partial charge is 0.481 e. The average Bonchev–Trinajstić information content (AvgIpc) is 2.35. The van der Waals surface area contributed by atoms with Crippen LogP contribution in [0.15, 0.2) is 24.3 Å². The summed E-state index contributed by atoms with van der Waals surface area (Å²) in [5, 5.41) is 11.5. The number of aliphatic carboxylic acids is 1. The van der Waals surface area contributed by atoms with Gasteiger partial charge in [0.2, 0.25) is 5.91 Å². The average molecular weight is 277 g/mol. The predicted molar refractivity (Wildman–Crippen MR) is 78.4 cm³/mol. The number of carboxylic acid groups (broad SMARTS) is 1. The summed E-state index contributed by atoms with van der Waals surface area (Å²) in [5.74, 6) is -0.618. The first-order valence-electron chi connectivity index (χ1n) is 6.95. The highest BCUT2D eigenvalue weighted by Crippen LogP contribution is 2.14. The van der Waals surface area contributed by atoms with E-state index in [-0.39, 0.29) is 24.7 Å². The summed E-state index contributed by atoms with van der Waals surface area (Å²) in [7, 11) is 0. The van der Waals surface area contributed by atoms with Crippen molar-refractivity contribution in [3.05, 3.63) is 35.4 Å². The summed E-state index contributed by atoms with van der Waals surface area (Å²) >= 11 is 0. The van der Waals surface area contributed by atoms with Crippen LogP contribution in [0, 0.1) is 5.92 Å². The molecule has 1 amide bonds. The van der Waals surface area contributed by atoms with Gasteiger partial charge in [0.25, 0.3) is 0 Å². The Labute approximate surface area is 120 Å². The highest BCUT2D eigenvalue weighted by atomic mass is 16.4. The molecule has 0 aliphatic carbocycles. The van der Waals surface area contributed by atoms with Gasteiger partial charge in [0.15, 0.2) is 0 Å². The highest BCUT2D eigenvalue weighted by molar-refractivity contribution is 5.77. The SMILES string of the molecule is CC(CC(=O)O)CC(=O)NCc1ccc(C(C)C)cc1. The van der Waals surface area contributed by atoms with Crippen LogP contribution in [0.4, 0.5) is 0 Å². The molecule has 0 aromatic heterocycles. The Morgan fingerprint density at radius 3 is 2.20 bits per heavy atom. The Morgan fingerprint density at radius 1 is 1.10 bits per heavy atom. The lowest BCUT2D eigenvalue weighted by Gasteiger charge is -2.10. The summed E-state index contributed by atoms with van der Waals surface area (Å²) in [6, 6.07) is 8.16. The van der Waals surface area contributed by atoms with Crippen LogP contribution in [0.3, 0.4) is 0 Å². The molecule has 0 saturated carbocycles. The van der Waals surface area contributed by atoms with Crippen molar-refractivity contribution in [1.82, 2.24) is 5.32 Å². The van der Waals surface area contributed by atoms with Crippen LogP contribution in [-0.4, -0.2) is 17.0 Å². The minimum atomic E-state index is -0.866. The number of hydrogen-bond donors (Lipinski definition) is 2. The molecular weight excluding hydrogens is 254 g/mol. The third-order valence-corrected chi connectivity index (χ3v) is 3.19. The second kappa shape index (κ2) is 7.68. The number of nitrogens with one attached hydrogen (secondary N) is 1. The van der Waals surface area contributed by atoms with Crippen LogP contribution >= 0.6 is 0 Å². The molecule has 0 aliphatic heterocycles. The van der Waals surface area contributed by atoms with Crippen molar-refractivity contribution in [2.75, 3.05) is 0 Å². The van der Waals surface area contributed by atoms with Gasteiger partial charge >= 0.3 is 5.97 Å². The number of carbonyl (C=O) groups is 2. The standard InChI is InChI=1S/C16H23NO3/c1-11(2)14-6-4-13(5-7-14)10-17-15(18)8-12(3)9-16(19)20/h4-7,11-12H,8-10H2,1-3H3,(H,17,18)(H,19,20). The lowest BCUT2D eigenvalue weighted by atomic mass is 10.0. The van der Waals surface area contributed by atoms with E-state index in [0.717, 1.165) is 5.56 Å². The first-order chi connectivity index (χ1) is 9.38. The third kappa shape index (κ3) is 5.87. The van der Waals surface area contributed by atoms with Crippen LogP contribution in [-0.2, 0) is 16.1 Å². The lowest BCUT2D eigenvalue weighted by molar-refractivity contribution is -0.138. The van der Waals surface area contributed by atoms with E-state index in [1.807, 2.05) is 12.1 Å². The number of amides is 1. The molecule has 0 heterocycles. The van der Waals surface area contributed by atoms with Crippen LogP contribution in [0.25, 0.3) is 0 Å². The smallest absolute Gasteiger partial charge is 0.303 e. The number of rotatable bonds is 7. The molecule has 4 heteroatoms. The first kappa shape index (κ1) is 16.2. The van der Waals surface area contributed by atoms with Crippen molar-refractivity contribution in [1.29, 1.82) is 0 Å². The summed E-state index contributed by atoms with van der Waals surface area (Å²) < 4.78 is 0. The summed E-state index contributed by atoms with van der Waals surface area (Å²) in [6.07, 6.45) is 0.271. The minimum Gasteiger partial charge on any atom is -0.481 e. The minimum absolute atomic E-state index is 0.0243. The molecule has 0 radical (unpaired) electrons. The van der Waals surface area contributed by atoms with Crippen molar-refractivity contribution in [2.45, 2.75) is 46.1 Å². The van der Waals surface area contributed by atoms with E-state index >= 15 is 0 Å². The molecule has 1 rings (SSSR count). The molecule has 0 fully saturated rings. The Bertz CT molecular complexity index is 451. The fourth-order valence-corrected chi connectivity index (χ4v) is 1.98. The Morgan fingerprint density at radius 2 is 1.70 bits per heavy atom. The third-order valence-electron chi connectivity index (χ3n) is 3.19. The molecule has 110 valence electrons. The van der Waals surface area contributed by atoms with Gasteiger partial charge in [0.05, 0.1) is 0 Å². The van der Waals surface area contributed by atoms with Gasteiger partial charge in [-0.25, -0.2) is 0 Å². The summed E-state index contributed by atoms with van der Waals surface area (Å²) in [5.41, 5.74) is 2.32. The predicted octanol–water partition coefficient (Wildman–Crippen LogP) is 2.93. The molecule has 0 aliphatic rings. The van der Waals surface area contributed by atoms with Crippen molar-refractivity contribution in [3.63, 3.8) is 0 Å². The zero-order valence-corrected chi connectivity index (χ0v) is 12.3. The zero-order chi connectivity index (χ0) is 15.1. The maximum Gasteiger partial charge on any atom is 0.303 e. The molecule has 1 unspecified atom stereocenters. The van der Waals surface area contributed by atoms with Gasteiger partial charge in [0, 0.05) is 19.4 Å². The lowest BCUT2D eigenvalue weighted by Crippen LogP contribution is -2.25. The second-order valence-electron chi connectivity index (χ2n) is 5.58. The van der Waals surface area contributed by atoms with Gasteiger partial charge in [-0.1, -0.05) is 45.0 Å². The number of carboxylic acids is 1. The number of benzene rings is 1. The van der Waals surface area contributed by atoms with Gasteiger partial charge in [-0.15, -0.1) is 0 Å². The second-order valence-corrected chi connectivity index (χ2v) is 5.58. The van der Waals surface area contributed by atoms with Gasteiger partial charge in [-0.2, -0.15) is 0 Å². The first-order valence-corrected chi connectivity index (χ1v) is 6.95. The number of carbonyl (C=O) groups excluding carboxylic acids is 1. The van der Waals surface area contributed by atoms with Crippen LogP contribution in [0.5, 0.6) is 0 Å². The maximum absolute atomic E-state index is 11.7. The molecule has 4 nitrogen and oxygen atoms in total. The molecule has 0 spiro atoms. The molecule has 20 heavy (non-hydrogen) atoms. The van der Waals surface area contributed by atoms with E-state index < -0.39 is 5.97 Å². The van der Waals surface area contributed by atoms with Crippen molar-refractivity contribution in [2.24, 2.45) is 5.92 Å². The van der Waals surface area contributed by atoms with E-state index in [1.165, 1.54) is 5.56 Å². The Kier molecular flexibility index (Phi) is 6.22.